The Morgan fingerprint density at radius 1 is 1.36 bits per heavy atom. The van der Waals surface area contributed by atoms with Gasteiger partial charge >= 0.3 is 0 Å². The molecule has 1 atom stereocenters. The number of benzene rings is 1. The van der Waals surface area contributed by atoms with Crippen molar-refractivity contribution < 1.29 is 0 Å². The molecule has 0 aliphatic heterocycles. The zero-order chi connectivity index (χ0) is 8.10. The highest BCUT2D eigenvalue weighted by Crippen LogP contribution is 2.19. The molecule has 0 bridgehead atoms. The summed E-state index contributed by atoms with van der Waals surface area (Å²) in [6, 6.07) is 10.5. The van der Waals surface area contributed by atoms with E-state index in [1.54, 1.807) is 0 Å². The van der Waals surface area contributed by atoms with E-state index in [9.17, 15) is 0 Å². The van der Waals surface area contributed by atoms with E-state index in [1.165, 1.54) is 5.56 Å². The summed E-state index contributed by atoms with van der Waals surface area (Å²) in [5.74, 6) is 1.06. The van der Waals surface area contributed by atoms with Crippen molar-refractivity contribution in [3.63, 3.8) is 0 Å². The molecular weight excluding hydrogens is 172 g/mol. The molecule has 0 aliphatic rings. The maximum Gasteiger partial charge on any atom is 0.0447 e. The molecule has 0 N–H and O–H groups in total. The van der Waals surface area contributed by atoms with Crippen LogP contribution < -0.4 is 0 Å². The van der Waals surface area contributed by atoms with Gasteiger partial charge < -0.3 is 0 Å². The number of thioether (sulfide) groups is 1. The molecule has 0 aliphatic carbocycles. The van der Waals surface area contributed by atoms with Gasteiger partial charge in [0.15, 0.2) is 0 Å². The first-order valence-corrected chi connectivity index (χ1v) is 5.19. The lowest BCUT2D eigenvalue weighted by atomic mass is 10.2. The van der Waals surface area contributed by atoms with E-state index in [1.807, 2.05) is 17.8 Å². The van der Waals surface area contributed by atoms with Crippen molar-refractivity contribution in [3.05, 3.63) is 35.9 Å². The molecule has 0 aromatic heterocycles. The molecule has 0 spiro atoms. The standard InChI is InChI=1S/C9H12S2/c1-8(10)11-7-9-5-3-2-4-6-9/h2-6,8,10H,7H2,1H3. The van der Waals surface area contributed by atoms with Crippen LogP contribution in [0.15, 0.2) is 30.3 Å². The van der Waals surface area contributed by atoms with Crippen LogP contribution in [0.5, 0.6) is 0 Å². The number of hydrogen-bond donors (Lipinski definition) is 1. The van der Waals surface area contributed by atoms with Crippen LogP contribution in [0.25, 0.3) is 0 Å². The minimum atomic E-state index is 0.426. The van der Waals surface area contributed by atoms with Crippen molar-refractivity contribution in [3.8, 4) is 0 Å². The second kappa shape index (κ2) is 4.73. The van der Waals surface area contributed by atoms with E-state index in [0.29, 0.717) is 4.58 Å². The summed E-state index contributed by atoms with van der Waals surface area (Å²) >= 11 is 6.14. The Morgan fingerprint density at radius 2 is 2.00 bits per heavy atom. The van der Waals surface area contributed by atoms with Crippen LogP contribution in [0, 0.1) is 0 Å². The Balaban J connectivity index is 2.39. The molecule has 0 nitrogen and oxygen atoms in total. The Bertz CT molecular complexity index is 194. The zero-order valence-electron chi connectivity index (χ0n) is 6.53. The zero-order valence-corrected chi connectivity index (χ0v) is 8.24. The molecule has 11 heavy (non-hydrogen) atoms. The van der Waals surface area contributed by atoms with Crippen molar-refractivity contribution in [1.29, 1.82) is 0 Å². The van der Waals surface area contributed by atoms with Crippen LogP contribution in [0.1, 0.15) is 12.5 Å². The topological polar surface area (TPSA) is 0 Å². The van der Waals surface area contributed by atoms with Crippen LogP contribution in [-0.4, -0.2) is 4.58 Å². The largest absolute Gasteiger partial charge is 0.165 e. The quantitative estimate of drug-likeness (QED) is 0.556. The van der Waals surface area contributed by atoms with Gasteiger partial charge in [-0.05, 0) is 12.5 Å². The first-order valence-electron chi connectivity index (χ1n) is 3.62. The molecule has 0 heterocycles. The lowest BCUT2D eigenvalue weighted by Crippen LogP contribution is -1.84. The summed E-state index contributed by atoms with van der Waals surface area (Å²) in [5.41, 5.74) is 1.37. The fraction of sp³-hybridized carbons (Fsp3) is 0.333. The van der Waals surface area contributed by atoms with Gasteiger partial charge in [0.05, 0.1) is 0 Å². The lowest BCUT2D eigenvalue weighted by Gasteiger charge is -2.02. The molecule has 1 unspecified atom stereocenters. The van der Waals surface area contributed by atoms with Crippen molar-refractivity contribution in [2.24, 2.45) is 0 Å². The highest BCUT2D eigenvalue weighted by atomic mass is 32.2. The van der Waals surface area contributed by atoms with Gasteiger partial charge in [0, 0.05) is 10.3 Å². The molecule has 60 valence electrons. The molecule has 0 radical (unpaired) electrons. The van der Waals surface area contributed by atoms with Crippen molar-refractivity contribution in [1.82, 2.24) is 0 Å². The van der Waals surface area contributed by atoms with Crippen LogP contribution in [0.2, 0.25) is 0 Å². The Labute approximate surface area is 77.8 Å². The van der Waals surface area contributed by atoms with E-state index in [-0.39, 0.29) is 0 Å². The molecule has 0 saturated heterocycles. The second-order valence-electron chi connectivity index (χ2n) is 2.40. The minimum absolute atomic E-state index is 0.426. The van der Waals surface area contributed by atoms with Gasteiger partial charge in [-0.3, -0.25) is 0 Å². The first kappa shape index (κ1) is 9.01. The van der Waals surface area contributed by atoms with E-state index in [0.717, 1.165) is 5.75 Å². The van der Waals surface area contributed by atoms with Crippen LogP contribution in [-0.2, 0) is 5.75 Å². The first-order chi connectivity index (χ1) is 5.29. The third-order valence-corrected chi connectivity index (χ3v) is 2.76. The van der Waals surface area contributed by atoms with Gasteiger partial charge in [0.2, 0.25) is 0 Å². The van der Waals surface area contributed by atoms with E-state index in [2.05, 4.69) is 43.8 Å². The number of rotatable bonds is 3. The summed E-state index contributed by atoms with van der Waals surface area (Å²) in [6.07, 6.45) is 0. The van der Waals surface area contributed by atoms with E-state index >= 15 is 0 Å². The molecule has 0 amide bonds. The molecule has 1 aromatic rings. The fourth-order valence-electron chi connectivity index (χ4n) is 0.791. The van der Waals surface area contributed by atoms with Gasteiger partial charge in [-0.1, -0.05) is 30.3 Å². The third-order valence-electron chi connectivity index (χ3n) is 1.33. The monoisotopic (exact) mass is 184 g/mol. The third kappa shape index (κ3) is 3.73. The predicted molar refractivity (Wildman–Crippen MR) is 56.2 cm³/mol. The average molecular weight is 184 g/mol. The van der Waals surface area contributed by atoms with E-state index in [4.69, 9.17) is 0 Å². The SMILES string of the molecule is CC(S)SCc1ccccc1. The van der Waals surface area contributed by atoms with Crippen LogP contribution in [0.3, 0.4) is 0 Å². The lowest BCUT2D eigenvalue weighted by molar-refractivity contribution is 1.37. The van der Waals surface area contributed by atoms with Crippen molar-refractivity contribution in [2.75, 3.05) is 0 Å². The van der Waals surface area contributed by atoms with Gasteiger partial charge in [-0.15, -0.1) is 11.8 Å². The summed E-state index contributed by atoms with van der Waals surface area (Å²) in [7, 11) is 0. The average Bonchev–Trinajstić information content (AvgIpc) is 2.03. The van der Waals surface area contributed by atoms with Crippen LogP contribution in [0.4, 0.5) is 0 Å². The Kier molecular flexibility index (Phi) is 3.87. The second-order valence-corrected chi connectivity index (χ2v) is 4.85. The summed E-state index contributed by atoms with van der Waals surface area (Å²) < 4.78 is 0.426. The van der Waals surface area contributed by atoms with Crippen LogP contribution >= 0.6 is 24.4 Å². The number of thiol groups is 1. The maximum atomic E-state index is 4.29. The Morgan fingerprint density at radius 3 is 2.55 bits per heavy atom. The summed E-state index contributed by atoms with van der Waals surface area (Å²) in [6.45, 7) is 2.09. The summed E-state index contributed by atoms with van der Waals surface area (Å²) in [4.78, 5) is 0. The number of hydrogen-bond acceptors (Lipinski definition) is 2. The van der Waals surface area contributed by atoms with Gasteiger partial charge in [-0.2, -0.15) is 12.6 Å². The smallest absolute Gasteiger partial charge is 0.0447 e. The molecule has 1 rings (SSSR count). The van der Waals surface area contributed by atoms with Gasteiger partial charge in [0.25, 0.3) is 0 Å². The summed E-state index contributed by atoms with van der Waals surface area (Å²) in [5, 5.41) is 0. The van der Waals surface area contributed by atoms with Crippen molar-refractivity contribution in [2.45, 2.75) is 17.3 Å². The molecule has 0 fully saturated rings. The van der Waals surface area contributed by atoms with E-state index < -0.39 is 0 Å². The maximum absolute atomic E-state index is 4.29. The molecule has 2 heteroatoms. The highest BCUT2D eigenvalue weighted by molar-refractivity contribution is 8.09. The highest BCUT2D eigenvalue weighted by Gasteiger charge is 1.95. The molecular formula is C9H12S2. The minimum Gasteiger partial charge on any atom is -0.165 e. The van der Waals surface area contributed by atoms with Crippen molar-refractivity contribution >= 4 is 24.4 Å². The molecule has 0 saturated carbocycles. The Hall–Kier alpha value is -0.0800. The van der Waals surface area contributed by atoms with Gasteiger partial charge in [-0.25, -0.2) is 0 Å². The van der Waals surface area contributed by atoms with Gasteiger partial charge in [0.1, 0.15) is 0 Å². The fourth-order valence-corrected chi connectivity index (χ4v) is 1.64. The molecule has 1 aromatic carbocycles. The predicted octanol–water partition coefficient (Wildman–Crippen LogP) is 3.20. The normalized spacial score (nSPS) is 12.9.